The highest BCUT2D eigenvalue weighted by atomic mass is 16.5. The number of unbranched alkanes of at least 4 members (excludes halogenated alkanes) is 23. The van der Waals surface area contributed by atoms with Crippen molar-refractivity contribution in [2.24, 2.45) is 0 Å². The lowest BCUT2D eigenvalue weighted by atomic mass is 10.0. The molecule has 0 rings (SSSR count). The average molecular weight is 680 g/mol. The molecule has 0 heterocycles. The first kappa shape index (κ1) is 46.6. The van der Waals surface area contributed by atoms with Gasteiger partial charge in [0, 0.05) is 6.42 Å². The van der Waals surface area contributed by atoms with Crippen molar-refractivity contribution in [3.8, 4) is 0 Å². The zero-order valence-electron chi connectivity index (χ0n) is 32.1. The highest BCUT2D eigenvalue weighted by Crippen LogP contribution is 2.17. The van der Waals surface area contributed by atoms with Crippen molar-refractivity contribution < 1.29 is 24.5 Å². The second kappa shape index (κ2) is 36.9. The van der Waals surface area contributed by atoms with Crippen LogP contribution in [0.5, 0.6) is 0 Å². The molecule has 0 aliphatic carbocycles. The van der Waals surface area contributed by atoms with Crippen LogP contribution in [0.3, 0.4) is 0 Å². The van der Waals surface area contributed by atoms with E-state index in [0.717, 1.165) is 57.8 Å². The molecule has 6 heteroatoms. The first-order chi connectivity index (χ1) is 23.5. The third kappa shape index (κ3) is 31.8. The topological polar surface area (TPSA) is 95.9 Å². The van der Waals surface area contributed by atoms with E-state index in [4.69, 9.17) is 4.74 Å². The van der Waals surface area contributed by atoms with Crippen LogP contribution >= 0.6 is 0 Å². The highest BCUT2D eigenvalue weighted by Gasteiger charge is 2.24. The molecule has 0 spiro atoms. The van der Waals surface area contributed by atoms with E-state index in [1.807, 2.05) is 0 Å². The summed E-state index contributed by atoms with van der Waals surface area (Å²) in [6.45, 7) is 6.37. The third-order valence-electron chi connectivity index (χ3n) is 9.58. The number of nitrogens with one attached hydrogen (secondary N) is 1. The Hall–Kier alpha value is -1.40. The summed E-state index contributed by atoms with van der Waals surface area (Å²) in [5.41, 5.74) is 0. The van der Waals surface area contributed by atoms with E-state index in [2.05, 4.69) is 38.2 Å². The second-order valence-electron chi connectivity index (χ2n) is 14.4. The van der Waals surface area contributed by atoms with E-state index in [0.29, 0.717) is 19.3 Å². The van der Waals surface area contributed by atoms with Crippen molar-refractivity contribution in [2.45, 2.75) is 238 Å². The normalized spacial score (nSPS) is 13.5. The molecule has 0 saturated carbocycles. The number of rotatable bonds is 37. The van der Waals surface area contributed by atoms with Crippen LogP contribution in [0.1, 0.15) is 220 Å². The number of ether oxygens (including phenoxy) is 1. The second-order valence-corrected chi connectivity index (χ2v) is 14.4. The monoisotopic (exact) mass is 680 g/mol. The van der Waals surface area contributed by atoms with E-state index in [-0.39, 0.29) is 24.9 Å². The Labute approximate surface area is 298 Å². The summed E-state index contributed by atoms with van der Waals surface area (Å²) in [5, 5.41) is 23.5. The quantitative estimate of drug-likeness (QED) is 0.0345. The van der Waals surface area contributed by atoms with Crippen LogP contribution in [-0.2, 0) is 14.3 Å². The first-order valence-corrected chi connectivity index (χ1v) is 20.9. The van der Waals surface area contributed by atoms with Gasteiger partial charge in [0.05, 0.1) is 25.2 Å². The summed E-state index contributed by atoms with van der Waals surface area (Å²) in [5.74, 6) is -0.486. The number of hydrogen-bond acceptors (Lipinski definition) is 5. The van der Waals surface area contributed by atoms with Crippen LogP contribution < -0.4 is 5.32 Å². The number of aliphatic hydroxyl groups excluding tert-OH is 2. The maximum absolute atomic E-state index is 13.0. The smallest absolute Gasteiger partial charge is 0.306 e. The molecule has 0 aromatic carbocycles. The van der Waals surface area contributed by atoms with Gasteiger partial charge < -0.3 is 20.3 Å². The van der Waals surface area contributed by atoms with Crippen LogP contribution in [0, 0.1) is 0 Å². The molecular formula is C42H81NO5. The molecule has 0 bridgehead atoms. The lowest BCUT2D eigenvalue weighted by molar-refractivity contribution is -0.151. The van der Waals surface area contributed by atoms with Gasteiger partial charge in [0.1, 0.15) is 6.10 Å². The Morgan fingerprint density at radius 3 is 1.56 bits per heavy atom. The van der Waals surface area contributed by atoms with Crippen LogP contribution in [0.15, 0.2) is 12.2 Å². The van der Waals surface area contributed by atoms with E-state index in [9.17, 15) is 19.8 Å². The minimum absolute atomic E-state index is 0.0783. The standard InChI is InChI=1S/C42H81NO5/c1-4-7-10-13-16-18-20-21-22-25-28-31-34-40(45)39(37-44)43-41(46)36-38(33-30-27-24-15-12-9-6-3)48-42(47)35-32-29-26-23-19-17-14-11-8-5-2/h11,14,38-40,44-45H,4-10,12-13,15-37H2,1-3H3,(H,43,46)/b14-11-. The van der Waals surface area contributed by atoms with Crippen molar-refractivity contribution in [1.29, 1.82) is 0 Å². The number of carbonyl (C=O) groups is 2. The van der Waals surface area contributed by atoms with E-state index < -0.39 is 18.2 Å². The Bertz CT molecular complexity index is 727. The van der Waals surface area contributed by atoms with Gasteiger partial charge in [-0.05, 0) is 44.9 Å². The molecule has 0 fully saturated rings. The largest absolute Gasteiger partial charge is 0.462 e. The van der Waals surface area contributed by atoms with Crippen LogP contribution in [-0.4, -0.2) is 46.9 Å². The van der Waals surface area contributed by atoms with E-state index in [1.54, 1.807) is 0 Å². The Kier molecular flexibility index (Phi) is 35.8. The number of esters is 1. The molecule has 0 aromatic rings. The molecule has 0 aliphatic rings. The molecular weight excluding hydrogens is 598 g/mol. The Balaban J connectivity index is 4.47. The first-order valence-electron chi connectivity index (χ1n) is 20.9. The molecule has 3 N–H and O–H groups in total. The zero-order valence-corrected chi connectivity index (χ0v) is 32.1. The van der Waals surface area contributed by atoms with Crippen LogP contribution in [0.25, 0.3) is 0 Å². The minimum Gasteiger partial charge on any atom is -0.462 e. The third-order valence-corrected chi connectivity index (χ3v) is 9.58. The molecule has 0 radical (unpaired) electrons. The average Bonchev–Trinajstić information content (AvgIpc) is 3.07. The molecule has 284 valence electrons. The molecule has 6 nitrogen and oxygen atoms in total. The summed E-state index contributed by atoms with van der Waals surface area (Å²) in [4.78, 5) is 25.7. The van der Waals surface area contributed by atoms with Gasteiger partial charge in [0.15, 0.2) is 0 Å². The summed E-state index contributed by atoms with van der Waals surface area (Å²) in [6, 6.07) is -0.692. The zero-order chi connectivity index (χ0) is 35.3. The van der Waals surface area contributed by atoms with Crippen molar-refractivity contribution in [2.75, 3.05) is 6.61 Å². The lowest BCUT2D eigenvalue weighted by Gasteiger charge is -2.24. The van der Waals surface area contributed by atoms with Crippen LogP contribution in [0.4, 0.5) is 0 Å². The highest BCUT2D eigenvalue weighted by molar-refractivity contribution is 5.77. The minimum atomic E-state index is -0.779. The van der Waals surface area contributed by atoms with Gasteiger partial charge in [-0.2, -0.15) is 0 Å². The number of amides is 1. The Morgan fingerprint density at radius 2 is 1.04 bits per heavy atom. The predicted octanol–water partition coefficient (Wildman–Crippen LogP) is 11.4. The fourth-order valence-electron chi connectivity index (χ4n) is 6.37. The molecule has 48 heavy (non-hydrogen) atoms. The fraction of sp³-hybridized carbons (Fsp3) is 0.905. The molecule has 3 unspecified atom stereocenters. The number of carbonyl (C=O) groups excluding carboxylic acids is 2. The van der Waals surface area contributed by atoms with Gasteiger partial charge in [-0.3, -0.25) is 9.59 Å². The van der Waals surface area contributed by atoms with Crippen molar-refractivity contribution >= 4 is 11.9 Å². The van der Waals surface area contributed by atoms with Gasteiger partial charge in [-0.1, -0.05) is 174 Å². The van der Waals surface area contributed by atoms with E-state index >= 15 is 0 Å². The summed E-state index contributed by atoms with van der Waals surface area (Å²) >= 11 is 0. The number of allylic oxidation sites excluding steroid dienone is 2. The fourth-order valence-corrected chi connectivity index (χ4v) is 6.37. The molecule has 0 aliphatic heterocycles. The molecule has 0 aromatic heterocycles. The van der Waals surface area contributed by atoms with Gasteiger partial charge >= 0.3 is 5.97 Å². The van der Waals surface area contributed by atoms with Crippen molar-refractivity contribution in [3.05, 3.63) is 12.2 Å². The number of aliphatic hydroxyl groups is 2. The van der Waals surface area contributed by atoms with Gasteiger partial charge in [0.25, 0.3) is 0 Å². The lowest BCUT2D eigenvalue weighted by Crippen LogP contribution is -2.46. The number of hydrogen-bond donors (Lipinski definition) is 3. The van der Waals surface area contributed by atoms with Gasteiger partial charge in [0.2, 0.25) is 5.91 Å². The maximum Gasteiger partial charge on any atom is 0.306 e. The summed E-state index contributed by atoms with van der Waals surface area (Å²) < 4.78 is 5.84. The predicted molar refractivity (Wildman–Crippen MR) is 204 cm³/mol. The van der Waals surface area contributed by atoms with Crippen molar-refractivity contribution in [1.82, 2.24) is 5.32 Å². The molecule has 3 atom stereocenters. The van der Waals surface area contributed by atoms with Crippen molar-refractivity contribution in [3.63, 3.8) is 0 Å². The SMILES string of the molecule is CCC/C=C\CCCCCCCC(=O)OC(CCCCCCCCC)CC(=O)NC(CO)C(O)CCCCCCCCCCCCCC. The summed E-state index contributed by atoms with van der Waals surface area (Å²) in [7, 11) is 0. The Morgan fingerprint density at radius 1 is 0.583 bits per heavy atom. The molecule has 1 amide bonds. The summed E-state index contributed by atoms with van der Waals surface area (Å²) in [6.07, 6.45) is 37.1. The molecule has 0 saturated heterocycles. The maximum atomic E-state index is 13.0. The van der Waals surface area contributed by atoms with Crippen LogP contribution in [0.2, 0.25) is 0 Å². The van der Waals surface area contributed by atoms with E-state index in [1.165, 1.54) is 116 Å². The van der Waals surface area contributed by atoms with Gasteiger partial charge in [-0.25, -0.2) is 0 Å². The van der Waals surface area contributed by atoms with Gasteiger partial charge in [-0.15, -0.1) is 0 Å².